The Morgan fingerprint density at radius 3 is 2.96 bits per heavy atom. The first kappa shape index (κ1) is 13.8. The summed E-state index contributed by atoms with van der Waals surface area (Å²) < 4.78 is 5.79. The van der Waals surface area contributed by atoms with E-state index in [0.717, 1.165) is 12.2 Å². The highest BCUT2D eigenvalue weighted by Crippen LogP contribution is 2.26. The third kappa shape index (κ3) is 2.77. The van der Waals surface area contributed by atoms with E-state index in [0.29, 0.717) is 35.9 Å². The quantitative estimate of drug-likeness (QED) is 0.780. The van der Waals surface area contributed by atoms with Gasteiger partial charge in [-0.15, -0.1) is 0 Å². The van der Waals surface area contributed by atoms with Crippen LogP contribution in [-0.4, -0.2) is 23.1 Å². The van der Waals surface area contributed by atoms with Gasteiger partial charge in [-0.3, -0.25) is 9.78 Å². The van der Waals surface area contributed by atoms with E-state index in [2.05, 4.69) is 21.4 Å². The lowest BCUT2D eigenvalue weighted by atomic mass is 9.97. The smallest absolute Gasteiger partial charge is 0.260 e. The summed E-state index contributed by atoms with van der Waals surface area (Å²) in [6.45, 7) is 1.37. The van der Waals surface area contributed by atoms with Gasteiger partial charge in [0, 0.05) is 12.5 Å². The van der Waals surface area contributed by atoms with Crippen molar-refractivity contribution in [3.63, 3.8) is 0 Å². The van der Waals surface area contributed by atoms with Gasteiger partial charge >= 0.3 is 0 Å². The lowest BCUT2D eigenvalue weighted by molar-refractivity contribution is 0.229. The molecule has 23 heavy (non-hydrogen) atoms. The second-order valence-electron chi connectivity index (χ2n) is 5.80. The maximum Gasteiger partial charge on any atom is 0.260 e. The Morgan fingerprint density at radius 2 is 2.00 bits per heavy atom. The van der Waals surface area contributed by atoms with Crippen LogP contribution < -0.4 is 15.6 Å². The predicted octanol–water partition coefficient (Wildman–Crippen LogP) is 2.59. The number of fused-ring (bicyclic) bond motifs is 2. The zero-order valence-corrected chi connectivity index (χ0v) is 12.6. The number of anilines is 1. The standard InChI is InChI=1S/C18H17N3O2/c22-17-14-6-2-3-7-15(14)20-18(21-17)19-10-12-9-13-5-1-4-8-16(13)23-11-12/h1-8,12H,9-11H2,(H2,19,20,21,22)/t12-/m0/s1. The third-order valence-corrected chi connectivity index (χ3v) is 4.13. The summed E-state index contributed by atoms with van der Waals surface area (Å²) >= 11 is 0. The number of para-hydroxylation sites is 2. The van der Waals surface area contributed by atoms with Crippen LogP contribution in [0.3, 0.4) is 0 Å². The normalized spacial score (nSPS) is 16.6. The summed E-state index contributed by atoms with van der Waals surface area (Å²) in [7, 11) is 0. The Bertz CT molecular complexity index is 904. The van der Waals surface area contributed by atoms with Crippen molar-refractivity contribution in [3.8, 4) is 5.75 Å². The summed E-state index contributed by atoms with van der Waals surface area (Å²) in [6.07, 6.45) is 0.959. The molecule has 0 spiro atoms. The molecule has 2 aromatic carbocycles. The van der Waals surface area contributed by atoms with Crippen LogP contribution in [0.5, 0.6) is 5.75 Å². The van der Waals surface area contributed by atoms with E-state index < -0.39 is 0 Å². The number of ether oxygens (including phenoxy) is 1. The number of hydrogen-bond acceptors (Lipinski definition) is 4. The molecule has 0 radical (unpaired) electrons. The van der Waals surface area contributed by atoms with Crippen LogP contribution in [0.15, 0.2) is 53.3 Å². The first-order chi connectivity index (χ1) is 11.3. The summed E-state index contributed by atoms with van der Waals surface area (Å²) in [5.74, 6) is 1.83. The van der Waals surface area contributed by atoms with Crippen LogP contribution in [0, 0.1) is 5.92 Å². The van der Waals surface area contributed by atoms with Crippen molar-refractivity contribution in [2.75, 3.05) is 18.5 Å². The van der Waals surface area contributed by atoms with E-state index in [9.17, 15) is 4.79 Å². The summed E-state index contributed by atoms with van der Waals surface area (Å²) in [5.41, 5.74) is 1.80. The fourth-order valence-corrected chi connectivity index (χ4v) is 2.93. The number of aromatic nitrogens is 2. The Morgan fingerprint density at radius 1 is 1.17 bits per heavy atom. The fourth-order valence-electron chi connectivity index (χ4n) is 2.93. The molecule has 0 saturated carbocycles. The molecule has 2 heterocycles. The van der Waals surface area contributed by atoms with Crippen LogP contribution in [0.2, 0.25) is 0 Å². The van der Waals surface area contributed by atoms with Gasteiger partial charge in [-0.1, -0.05) is 30.3 Å². The van der Waals surface area contributed by atoms with Crippen LogP contribution in [0.1, 0.15) is 5.56 Å². The molecule has 0 saturated heterocycles. The zero-order valence-electron chi connectivity index (χ0n) is 12.6. The monoisotopic (exact) mass is 307 g/mol. The van der Waals surface area contributed by atoms with Crippen molar-refractivity contribution < 1.29 is 4.74 Å². The fraction of sp³-hybridized carbons (Fsp3) is 0.222. The molecule has 4 rings (SSSR count). The van der Waals surface area contributed by atoms with Gasteiger partial charge < -0.3 is 10.1 Å². The average Bonchev–Trinajstić information content (AvgIpc) is 2.60. The maximum absolute atomic E-state index is 12.1. The number of hydrogen-bond donors (Lipinski definition) is 2. The third-order valence-electron chi connectivity index (χ3n) is 4.13. The predicted molar refractivity (Wildman–Crippen MR) is 90.0 cm³/mol. The molecule has 1 atom stereocenters. The van der Waals surface area contributed by atoms with Crippen molar-refractivity contribution in [1.29, 1.82) is 0 Å². The molecule has 0 fully saturated rings. The van der Waals surface area contributed by atoms with E-state index in [4.69, 9.17) is 4.74 Å². The molecule has 1 aromatic heterocycles. The Balaban J connectivity index is 1.49. The summed E-state index contributed by atoms with van der Waals surface area (Å²) in [4.78, 5) is 19.3. The van der Waals surface area contributed by atoms with E-state index in [-0.39, 0.29) is 5.56 Å². The van der Waals surface area contributed by atoms with Gasteiger partial charge in [0.25, 0.3) is 5.56 Å². The molecule has 116 valence electrons. The van der Waals surface area contributed by atoms with Gasteiger partial charge in [0.05, 0.1) is 17.5 Å². The number of aromatic amines is 1. The number of rotatable bonds is 3. The van der Waals surface area contributed by atoms with Crippen LogP contribution in [0.25, 0.3) is 10.9 Å². The molecule has 3 aromatic rings. The minimum absolute atomic E-state index is 0.122. The Kier molecular flexibility index (Phi) is 3.46. The van der Waals surface area contributed by atoms with Gasteiger partial charge in [0.2, 0.25) is 5.95 Å². The van der Waals surface area contributed by atoms with Crippen LogP contribution in [-0.2, 0) is 6.42 Å². The van der Waals surface area contributed by atoms with Gasteiger partial charge in [-0.05, 0) is 30.2 Å². The number of nitrogens with zero attached hydrogens (tertiary/aromatic N) is 1. The molecule has 2 N–H and O–H groups in total. The zero-order chi connectivity index (χ0) is 15.6. The van der Waals surface area contributed by atoms with E-state index in [1.165, 1.54) is 5.56 Å². The van der Waals surface area contributed by atoms with Gasteiger partial charge in [0.1, 0.15) is 5.75 Å². The van der Waals surface area contributed by atoms with E-state index in [1.54, 1.807) is 6.07 Å². The van der Waals surface area contributed by atoms with Crippen molar-refractivity contribution in [2.24, 2.45) is 5.92 Å². The van der Waals surface area contributed by atoms with E-state index in [1.807, 2.05) is 36.4 Å². The maximum atomic E-state index is 12.1. The molecule has 1 aliphatic rings. The van der Waals surface area contributed by atoms with E-state index >= 15 is 0 Å². The highest BCUT2D eigenvalue weighted by Gasteiger charge is 2.19. The number of H-pyrrole nitrogens is 1. The summed E-state index contributed by atoms with van der Waals surface area (Å²) in [5, 5.41) is 3.84. The first-order valence-corrected chi connectivity index (χ1v) is 7.73. The Labute approximate surface area is 133 Å². The van der Waals surface area contributed by atoms with Gasteiger partial charge in [-0.25, -0.2) is 4.98 Å². The number of benzene rings is 2. The first-order valence-electron chi connectivity index (χ1n) is 7.73. The van der Waals surface area contributed by atoms with Crippen molar-refractivity contribution in [1.82, 2.24) is 9.97 Å². The lowest BCUT2D eigenvalue weighted by Gasteiger charge is -2.25. The van der Waals surface area contributed by atoms with Crippen molar-refractivity contribution in [3.05, 3.63) is 64.4 Å². The minimum atomic E-state index is -0.122. The molecule has 0 amide bonds. The Hall–Kier alpha value is -2.82. The van der Waals surface area contributed by atoms with Crippen LogP contribution in [0.4, 0.5) is 5.95 Å². The van der Waals surface area contributed by atoms with Crippen molar-refractivity contribution >= 4 is 16.9 Å². The van der Waals surface area contributed by atoms with Crippen molar-refractivity contribution in [2.45, 2.75) is 6.42 Å². The molecule has 5 nitrogen and oxygen atoms in total. The molecule has 0 unspecified atom stereocenters. The van der Waals surface area contributed by atoms with Gasteiger partial charge in [-0.2, -0.15) is 0 Å². The largest absolute Gasteiger partial charge is 0.493 e. The van der Waals surface area contributed by atoms with Crippen LogP contribution >= 0.6 is 0 Å². The SMILES string of the molecule is O=c1[nH]c(NC[C@H]2COc3ccccc3C2)nc2ccccc12. The molecule has 0 aliphatic carbocycles. The topological polar surface area (TPSA) is 67.0 Å². The average molecular weight is 307 g/mol. The highest BCUT2D eigenvalue weighted by atomic mass is 16.5. The molecule has 1 aliphatic heterocycles. The summed E-state index contributed by atoms with van der Waals surface area (Å²) in [6, 6.07) is 15.4. The van der Waals surface area contributed by atoms with Gasteiger partial charge in [0.15, 0.2) is 0 Å². The lowest BCUT2D eigenvalue weighted by Crippen LogP contribution is -2.28. The highest BCUT2D eigenvalue weighted by molar-refractivity contribution is 5.78. The molecule has 0 bridgehead atoms. The molecule has 5 heteroatoms. The second kappa shape index (κ2) is 5.76. The minimum Gasteiger partial charge on any atom is -0.493 e. The molecular formula is C18H17N3O2. The number of nitrogens with one attached hydrogen (secondary N) is 2. The second-order valence-corrected chi connectivity index (χ2v) is 5.80. The molecular weight excluding hydrogens is 290 g/mol.